The van der Waals surface area contributed by atoms with Gasteiger partial charge in [0.15, 0.2) is 11.6 Å². The minimum absolute atomic E-state index is 0.0154. The number of aryl methyl sites for hydroxylation is 1. The molecular formula is C16H20FN3O. The van der Waals surface area contributed by atoms with Gasteiger partial charge in [0.05, 0.1) is 5.69 Å². The lowest BCUT2D eigenvalue weighted by atomic mass is 10.1. The molecule has 1 aromatic carbocycles. The van der Waals surface area contributed by atoms with Crippen LogP contribution in [0.25, 0.3) is 0 Å². The highest BCUT2D eigenvalue weighted by Crippen LogP contribution is 2.23. The Kier molecular flexibility index (Phi) is 4.53. The molecule has 1 N–H and O–H groups in total. The second-order valence-electron chi connectivity index (χ2n) is 6.00. The minimum atomic E-state index is -0.416. The molecule has 0 unspecified atom stereocenters. The number of rotatable bonds is 4. The largest absolute Gasteiger partial charge is 0.434 e. The Hall–Kier alpha value is -2.01. The predicted octanol–water partition coefficient (Wildman–Crippen LogP) is 3.60. The van der Waals surface area contributed by atoms with E-state index in [0.29, 0.717) is 6.54 Å². The van der Waals surface area contributed by atoms with Gasteiger partial charge in [-0.2, -0.15) is 5.10 Å². The maximum Gasteiger partial charge on any atom is 0.239 e. The fourth-order valence-corrected chi connectivity index (χ4v) is 1.65. The van der Waals surface area contributed by atoms with Crippen molar-refractivity contribution in [2.24, 2.45) is 0 Å². The second kappa shape index (κ2) is 6.18. The van der Waals surface area contributed by atoms with Gasteiger partial charge in [-0.15, -0.1) is 5.10 Å². The van der Waals surface area contributed by atoms with E-state index < -0.39 is 5.82 Å². The number of nitrogens with zero attached hydrogens (tertiary/aromatic N) is 2. The number of halogens is 1. The van der Waals surface area contributed by atoms with Crippen molar-refractivity contribution in [1.29, 1.82) is 0 Å². The number of hydrogen-bond donors (Lipinski definition) is 1. The van der Waals surface area contributed by atoms with Gasteiger partial charge in [0, 0.05) is 18.2 Å². The molecule has 0 bridgehead atoms. The highest BCUT2D eigenvalue weighted by molar-refractivity contribution is 5.32. The molecule has 0 aliphatic heterocycles. The smallest absolute Gasteiger partial charge is 0.239 e. The molecule has 0 fully saturated rings. The maximum absolute atomic E-state index is 13.6. The van der Waals surface area contributed by atoms with Gasteiger partial charge in [0.1, 0.15) is 0 Å². The molecule has 1 aromatic heterocycles. The lowest BCUT2D eigenvalue weighted by Crippen LogP contribution is -2.35. The molecular weight excluding hydrogens is 269 g/mol. The van der Waals surface area contributed by atoms with E-state index in [-0.39, 0.29) is 17.2 Å². The van der Waals surface area contributed by atoms with Crippen molar-refractivity contribution in [1.82, 2.24) is 15.5 Å². The van der Waals surface area contributed by atoms with Crippen molar-refractivity contribution in [3.8, 4) is 11.6 Å². The fraction of sp³-hybridized carbons (Fsp3) is 0.375. The molecule has 4 nitrogen and oxygen atoms in total. The van der Waals surface area contributed by atoms with Gasteiger partial charge in [-0.05, 0) is 51.5 Å². The zero-order valence-corrected chi connectivity index (χ0v) is 12.8. The molecule has 0 radical (unpaired) electrons. The second-order valence-corrected chi connectivity index (χ2v) is 6.00. The van der Waals surface area contributed by atoms with Gasteiger partial charge in [0.25, 0.3) is 0 Å². The molecule has 0 saturated carbocycles. The molecule has 0 saturated heterocycles. The summed E-state index contributed by atoms with van der Waals surface area (Å²) >= 11 is 0. The third kappa shape index (κ3) is 4.79. The lowest BCUT2D eigenvalue weighted by molar-refractivity contribution is 0.410. The van der Waals surface area contributed by atoms with Crippen LogP contribution in [0.2, 0.25) is 0 Å². The number of benzene rings is 1. The highest BCUT2D eigenvalue weighted by Gasteiger charge is 2.10. The number of hydrogen-bond acceptors (Lipinski definition) is 4. The van der Waals surface area contributed by atoms with Gasteiger partial charge >= 0.3 is 0 Å². The highest BCUT2D eigenvalue weighted by atomic mass is 19.1. The molecule has 0 amide bonds. The Morgan fingerprint density at radius 1 is 1.14 bits per heavy atom. The SMILES string of the molecule is Cc1ccc(F)c(Oc2ccc(CNC(C)(C)C)nn2)c1. The van der Waals surface area contributed by atoms with E-state index in [4.69, 9.17) is 4.74 Å². The first-order chi connectivity index (χ1) is 9.83. The summed E-state index contributed by atoms with van der Waals surface area (Å²) in [6.07, 6.45) is 0. The molecule has 112 valence electrons. The van der Waals surface area contributed by atoms with Crippen LogP contribution in [-0.4, -0.2) is 15.7 Å². The van der Waals surface area contributed by atoms with E-state index in [2.05, 4.69) is 36.3 Å². The van der Waals surface area contributed by atoms with Gasteiger partial charge < -0.3 is 10.1 Å². The van der Waals surface area contributed by atoms with Crippen molar-refractivity contribution in [3.63, 3.8) is 0 Å². The van der Waals surface area contributed by atoms with Gasteiger partial charge in [0.2, 0.25) is 5.88 Å². The third-order valence-electron chi connectivity index (χ3n) is 2.80. The van der Waals surface area contributed by atoms with E-state index in [1.54, 1.807) is 18.2 Å². The topological polar surface area (TPSA) is 47.0 Å². The Balaban J connectivity index is 2.04. The summed E-state index contributed by atoms with van der Waals surface area (Å²) in [4.78, 5) is 0. The summed E-state index contributed by atoms with van der Waals surface area (Å²) in [5.41, 5.74) is 1.74. The van der Waals surface area contributed by atoms with Crippen LogP contribution in [0, 0.1) is 12.7 Å². The summed E-state index contributed by atoms with van der Waals surface area (Å²) in [7, 11) is 0. The summed E-state index contributed by atoms with van der Waals surface area (Å²) < 4.78 is 19.0. The Morgan fingerprint density at radius 3 is 2.52 bits per heavy atom. The van der Waals surface area contributed by atoms with E-state index in [9.17, 15) is 4.39 Å². The normalized spacial score (nSPS) is 11.5. The van der Waals surface area contributed by atoms with Gasteiger partial charge in [-0.3, -0.25) is 0 Å². The van der Waals surface area contributed by atoms with Crippen LogP contribution in [0.1, 0.15) is 32.0 Å². The molecule has 1 heterocycles. The third-order valence-corrected chi connectivity index (χ3v) is 2.80. The monoisotopic (exact) mass is 289 g/mol. The van der Waals surface area contributed by atoms with E-state index in [1.165, 1.54) is 6.07 Å². The maximum atomic E-state index is 13.6. The molecule has 0 aliphatic rings. The summed E-state index contributed by atoms with van der Waals surface area (Å²) in [6.45, 7) is 8.74. The van der Waals surface area contributed by atoms with Crippen LogP contribution in [-0.2, 0) is 6.54 Å². The Labute approximate surface area is 124 Å². The van der Waals surface area contributed by atoms with Gasteiger partial charge in [-0.1, -0.05) is 6.07 Å². The van der Waals surface area contributed by atoms with Crippen LogP contribution in [0.4, 0.5) is 4.39 Å². The van der Waals surface area contributed by atoms with Crippen LogP contribution in [0.5, 0.6) is 11.6 Å². The first-order valence-corrected chi connectivity index (χ1v) is 6.85. The molecule has 21 heavy (non-hydrogen) atoms. The quantitative estimate of drug-likeness (QED) is 0.934. The van der Waals surface area contributed by atoms with E-state index in [1.807, 2.05) is 13.0 Å². The van der Waals surface area contributed by atoms with E-state index >= 15 is 0 Å². The van der Waals surface area contributed by atoms with Crippen LogP contribution in [0.3, 0.4) is 0 Å². The Morgan fingerprint density at radius 2 is 1.90 bits per heavy atom. The zero-order valence-electron chi connectivity index (χ0n) is 12.8. The van der Waals surface area contributed by atoms with E-state index in [0.717, 1.165) is 11.3 Å². The number of nitrogens with one attached hydrogen (secondary N) is 1. The molecule has 2 aromatic rings. The zero-order chi connectivity index (χ0) is 15.5. The van der Waals surface area contributed by atoms with Crippen molar-refractivity contribution in [2.45, 2.75) is 39.8 Å². The average molecular weight is 289 g/mol. The molecule has 0 atom stereocenters. The molecule has 0 spiro atoms. The van der Waals surface area contributed by atoms with Crippen molar-refractivity contribution in [2.75, 3.05) is 0 Å². The average Bonchev–Trinajstić information content (AvgIpc) is 2.41. The van der Waals surface area contributed by atoms with Crippen molar-refractivity contribution >= 4 is 0 Å². The van der Waals surface area contributed by atoms with Crippen molar-refractivity contribution in [3.05, 3.63) is 47.4 Å². The molecule has 5 heteroatoms. The minimum Gasteiger partial charge on any atom is -0.434 e. The number of aromatic nitrogens is 2. The number of ether oxygens (including phenoxy) is 1. The Bertz CT molecular complexity index is 606. The standard InChI is InChI=1S/C16H20FN3O/c1-11-5-7-13(17)14(9-11)21-15-8-6-12(19-20-15)10-18-16(2,3)4/h5-9,18H,10H2,1-4H3. The van der Waals surface area contributed by atoms with Gasteiger partial charge in [-0.25, -0.2) is 4.39 Å². The summed E-state index contributed by atoms with van der Waals surface area (Å²) in [5.74, 6) is 0.0183. The summed E-state index contributed by atoms with van der Waals surface area (Å²) in [5, 5.41) is 11.4. The first kappa shape index (κ1) is 15.4. The molecule has 2 rings (SSSR count). The van der Waals surface area contributed by atoms with Crippen LogP contribution in [0.15, 0.2) is 30.3 Å². The molecule has 0 aliphatic carbocycles. The lowest BCUT2D eigenvalue weighted by Gasteiger charge is -2.19. The first-order valence-electron chi connectivity index (χ1n) is 6.85. The van der Waals surface area contributed by atoms with Crippen LogP contribution >= 0.6 is 0 Å². The fourth-order valence-electron chi connectivity index (χ4n) is 1.65. The summed E-state index contributed by atoms with van der Waals surface area (Å²) in [6, 6.07) is 8.20. The predicted molar refractivity (Wildman–Crippen MR) is 79.8 cm³/mol. The van der Waals surface area contributed by atoms with Crippen molar-refractivity contribution < 1.29 is 9.13 Å². The van der Waals surface area contributed by atoms with Crippen LogP contribution < -0.4 is 10.1 Å².